The molecule has 2 N–H and O–H groups in total. The van der Waals surface area contributed by atoms with E-state index in [1.165, 1.54) is 11.8 Å². The third-order valence-electron chi connectivity index (χ3n) is 7.85. The van der Waals surface area contributed by atoms with Gasteiger partial charge in [-0.3, -0.25) is 19.2 Å². The lowest BCUT2D eigenvalue weighted by Gasteiger charge is -2.27. The molecule has 5 rings (SSSR count). The summed E-state index contributed by atoms with van der Waals surface area (Å²) in [4.78, 5) is 56.4. The number of fused-ring (bicyclic) bond motifs is 2. The molecule has 2 atom stereocenters. The van der Waals surface area contributed by atoms with Crippen molar-refractivity contribution in [3.05, 3.63) is 102 Å². The highest BCUT2D eigenvalue weighted by Crippen LogP contribution is 2.37. The fourth-order valence-corrected chi connectivity index (χ4v) is 5.31. The number of nitrogens with zero attached hydrogens (tertiary/aromatic N) is 2. The zero-order valence-electron chi connectivity index (χ0n) is 24.6. The maximum atomic E-state index is 14.4. The number of hydrogen-bond acceptors (Lipinski definition) is 6. The Morgan fingerprint density at radius 1 is 0.907 bits per heavy atom. The van der Waals surface area contributed by atoms with Crippen LogP contribution in [0.1, 0.15) is 40.1 Å². The minimum absolute atomic E-state index is 0.0888. The molecule has 0 aromatic heterocycles. The van der Waals surface area contributed by atoms with E-state index in [1.54, 1.807) is 68.4 Å². The standard InChI is InChI=1S/C34H34N4O5/c1-21(35-3)32(40)36-28-20-38(33(41)25-15-13-23(14-16-25)22(2)39)30-12-8-7-11-29(30)37(34(28)42)19-27-26-10-6-5-9-24(26)17-18-31(27)43-4/h5-18,21,28,35H,19-20H2,1-4H3,(H,36,40). The largest absolute Gasteiger partial charge is 0.496 e. The number of nitrogens with one attached hydrogen (secondary N) is 2. The molecular weight excluding hydrogens is 544 g/mol. The minimum Gasteiger partial charge on any atom is -0.496 e. The van der Waals surface area contributed by atoms with Gasteiger partial charge < -0.3 is 25.2 Å². The van der Waals surface area contributed by atoms with Gasteiger partial charge in [-0.25, -0.2) is 0 Å². The molecule has 4 aromatic rings. The Bertz CT molecular complexity index is 1700. The van der Waals surface area contributed by atoms with Crippen LogP contribution in [0.3, 0.4) is 0 Å². The van der Waals surface area contributed by atoms with Crippen LogP contribution in [0, 0.1) is 0 Å². The molecule has 9 nitrogen and oxygen atoms in total. The Kier molecular flexibility index (Phi) is 8.54. The Hall–Kier alpha value is -5.02. The molecule has 1 aliphatic heterocycles. The molecule has 0 saturated heterocycles. The van der Waals surface area contributed by atoms with Crippen molar-refractivity contribution in [3.63, 3.8) is 0 Å². The SMILES string of the molecule is CNC(C)C(=O)NC1CN(C(=O)c2ccc(C(C)=O)cc2)c2ccccc2N(Cc2c(OC)ccc3ccccc23)C1=O. The summed E-state index contributed by atoms with van der Waals surface area (Å²) in [7, 11) is 3.25. The van der Waals surface area contributed by atoms with Gasteiger partial charge in [0.15, 0.2) is 5.78 Å². The van der Waals surface area contributed by atoms with Crippen LogP contribution in [-0.4, -0.2) is 56.3 Å². The number of ether oxygens (including phenoxy) is 1. The molecule has 0 spiro atoms. The van der Waals surface area contributed by atoms with E-state index in [1.807, 2.05) is 42.5 Å². The molecule has 9 heteroatoms. The molecule has 0 aliphatic carbocycles. The molecule has 1 aliphatic rings. The summed E-state index contributed by atoms with van der Waals surface area (Å²) in [6.07, 6.45) is 0. The van der Waals surface area contributed by atoms with Crippen molar-refractivity contribution in [2.24, 2.45) is 0 Å². The predicted molar refractivity (Wildman–Crippen MR) is 167 cm³/mol. The van der Waals surface area contributed by atoms with Crippen molar-refractivity contribution in [2.75, 3.05) is 30.5 Å². The molecule has 220 valence electrons. The summed E-state index contributed by atoms with van der Waals surface area (Å²) < 4.78 is 5.73. The second-order valence-electron chi connectivity index (χ2n) is 10.5. The number of para-hydroxylation sites is 2. The van der Waals surface area contributed by atoms with Crippen molar-refractivity contribution in [1.29, 1.82) is 0 Å². The van der Waals surface area contributed by atoms with E-state index < -0.39 is 12.1 Å². The van der Waals surface area contributed by atoms with Crippen LogP contribution in [0.4, 0.5) is 11.4 Å². The number of anilines is 2. The smallest absolute Gasteiger partial charge is 0.258 e. The van der Waals surface area contributed by atoms with Crippen molar-refractivity contribution >= 4 is 45.7 Å². The van der Waals surface area contributed by atoms with Gasteiger partial charge in [-0.2, -0.15) is 0 Å². The van der Waals surface area contributed by atoms with Crippen molar-refractivity contribution < 1.29 is 23.9 Å². The second kappa shape index (κ2) is 12.5. The lowest BCUT2D eigenvalue weighted by Crippen LogP contribution is -2.55. The number of carbonyl (C=O) groups is 4. The number of carbonyl (C=O) groups excluding carboxylic acids is 4. The van der Waals surface area contributed by atoms with E-state index in [0.717, 1.165) is 16.3 Å². The highest BCUT2D eigenvalue weighted by atomic mass is 16.5. The van der Waals surface area contributed by atoms with Crippen LogP contribution in [0.5, 0.6) is 5.75 Å². The predicted octanol–water partition coefficient (Wildman–Crippen LogP) is 4.34. The lowest BCUT2D eigenvalue weighted by atomic mass is 10.0. The van der Waals surface area contributed by atoms with Gasteiger partial charge in [0.1, 0.15) is 11.8 Å². The molecule has 3 amide bonds. The Morgan fingerprint density at radius 3 is 2.23 bits per heavy atom. The fourth-order valence-electron chi connectivity index (χ4n) is 5.31. The minimum atomic E-state index is -1.04. The van der Waals surface area contributed by atoms with Gasteiger partial charge >= 0.3 is 0 Å². The number of Topliss-reactive ketones (excluding diaryl/α,β-unsaturated/α-hetero) is 1. The molecule has 0 saturated carbocycles. The first-order chi connectivity index (χ1) is 20.7. The van der Waals surface area contributed by atoms with E-state index in [0.29, 0.717) is 28.3 Å². The van der Waals surface area contributed by atoms with Gasteiger partial charge in [0.25, 0.3) is 11.8 Å². The normalized spacial score (nSPS) is 15.4. The number of methoxy groups -OCH3 is 1. The van der Waals surface area contributed by atoms with Gasteiger partial charge in [-0.15, -0.1) is 0 Å². The summed E-state index contributed by atoms with van der Waals surface area (Å²) in [6, 6.07) is 23.7. The van der Waals surface area contributed by atoms with Crippen LogP contribution in [0.25, 0.3) is 10.8 Å². The highest BCUT2D eigenvalue weighted by molar-refractivity contribution is 6.13. The third kappa shape index (κ3) is 5.85. The molecule has 0 bridgehead atoms. The van der Waals surface area contributed by atoms with Crippen molar-refractivity contribution in [2.45, 2.75) is 32.5 Å². The first-order valence-corrected chi connectivity index (χ1v) is 14.1. The van der Waals surface area contributed by atoms with E-state index in [-0.39, 0.29) is 36.6 Å². The third-order valence-corrected chi connectivity index (χ3v) is 7.85. The zero-order chi connectivity index (χ0) is 30.7. The topological polar surface area (TPSA) is 108 Å². The number of benzene rings is 4. The highest BCUT2D eigenvalue weighted by Gasteiger charge is 2.38. The van der Waals surface area contributed by atoms with E-state index in [2.05, 4.69) is 10.6 Å². The first-order valence-electron chi connectivity index (χ1n) is 14.1. The summed E-state index contributed by atoms with van der Waals surface area (Å²) in [5, 5.41) is 7.70. The maximum absolute atomic E-state index is 14.4. The number of likely N-dealkylation sites (N-methyl/N-ethyl adjacent to an activating group) is 1. The van der Waals surface area contributed by atoms with Crippen LogP contribution in [0.15, 0.2) is 84.9 Å². The van der Waals surface area contributed by atoms with Crippen LogP contribution in [-0.2, 0) is 16.1 Å². The molecule has 43 heavy (non-hydrogen) atoms. The molecule has 0 radical (unpaired) electrons. The Balaban J connectivity index is 1.63. The average Bonchev–Trinajstić information content (AvgIpc) is 3.14. The average molecular weight is 579 g/mol. The monoisotopic (exact) mass is 578 g/mol. The van der Waals surface area contributed by atoms with Gasteiger partial charge in [0.05, 0.1) is 37.6 Å². The number of hydrogen-bond donors (Lipinski definition) is 2. The van der Waals surface area contributed by atoms with Crippen molar-refractivity contribution in [1.82, 2.24) is 10.6 Å². The summed E-state index contributed by atoms with van der Waals surface area (Å²) >= 11 is 0. The Labute approximate surface area is 250 Å². The summed E-state index contributed by atoms with van der Waals surface area (Å²) in [5.41, 5.74) is 2.69. The van der Waals surface area contributed by atoms with E-state index in [4.69, 9.17) is 4.74 Å². The molecule has 1 heterocycles. The second-order valence-corrected chi connectivity index (χ2v) is 10.5. The number of ketones is 1. The zero-order valence-corrected chi connectivity index (χ0v) is 24.6. The van der Waals surface area contributed by atoms with E-state index in [9.17, 15) is 19.2 Å². The summed E-state index contributed by atoms with van der Waals surface area (Å²) in [6.45, 7) is 3.22. The van der Waals surface area contributed by atoms with Gasteiger partial charge in [0.2, 0.25) is 5.91 Å². The summed E-state index contributed by atoms with van der Waals surface area (Å²) in [5.74, 6) is -0.573. The fraction of sp³-hybridized carbons (Fsp3) is 0.235. The maximum Gasteiger partial charge on any atom is 0.258 e. The van der Waals surface area contributed by atoms with Crippen LogP contribution < -0.4 is 25.2 Å². The van der Waals surface area contributed by atoms with Gasteiger partial charge in [-0.1, -0.05) is 54.6 Å². The van der Waals surface area contributed by atoms with Crippen LogP contribution in [0.2, 0.25) is 0 Å². The molecule has 2 unspecified atom stereocenters. The Morgan fingerprint density at radius 2 is 1.56 bits per heavy atom. The van der Waals surface area contributed by atoms with Gasteiger partial charge in [0, 0.05) is 16.7 Å². The first kappa shape index (κ1) is 29.5. The van der Waals surface area contributed by atoms with Gasteiger partial charge in [-0.05, 0) is 62.0 Å². The van der Waals surface area contributed by atoms with Crippen LogP contribution >= 0.6 is 0 Å². The van der Waals surface area contributed by atoms with Crippen molar-refractivity contribution in [3.8, 4) is 5.75 Å². The number of rotatable bonds is 8. The van der Waals surface area contributed by atoms with E-state index >= 15 is 0 Å². The molecular formula is C34H34N4O5. The number of amides is 3. The lowest BCUT2D eigenvalue weighted by molar-refractivity contribution is -0.128. The molecule has 0 fully saturated rings. The molecule has 4 aromatic carbocycles. The quantitative estimate of drug-likeness (QED) is 0.301.